The van der Waals surface area contributed by atoms with E-state index >= 15 is 0 Å². The van der Waals surface area contributed by atoms with Gasteiger partial charge in [-0.15, -0.1) is 0 Å². The third-order valence-corrected chi connectivity index (χ3v) is 1.06. The van der Waals surface area contributed by atoms with Gasteiger partial charge in [0.25, 0.3) is 0 Å². The van der Waals surface area contributed by atoms with E-state index in [1.54, 1.807) is 6.92 Å². The van der Waals surface area contributed by atoms with Crippen molar-refractivity contribution < 1.29 is 9.94 Å². The molecule has 0 aliphatic carbocycles. The molecule has 0 aromatic rings. The average molecular weight is 145 g/mol. The fraction of sp³-hybridized carbons (Fsp3) is 0.714. The number of hydrogen-bond donors (Lipinski definition) is 2. The molecule has 0 rings (SSSR count). The van der Waals surface area contributed by atoms with Gasteiger partial charge in [-0.1, -0.05) is 13.5 Å². The number of hydrogen-bond acceptors (Lipinski definition) is 3. The molecule has 2 N–H and O–H groups in total. The molecule has 0 saturated heterocycles. The van der Waals surface area contributed by atoms with Crippen molar-refractivity contribution in [3.8, 4) is 0 Å². The SMILES string of the molecule is C=C(C)NOC(CC)CO. The molecule has 0 aromatic carbocycles. The summed E-state index contributed by atoms with van der Waals surface area (Å²) in [7, 11) is 0. The quantitative estimate of drug-likeness (QED) is 0.562. The molecule has 0 aliphatic heterocycles. The summed E-state index contributed by atoms with van der Waals surface area (Å²) in [4.78, 5) is 5.00. The standard InChI is InChI=1S/C7H15NO2/c1-4-7(5-9)10-8-6(2)3/h7-9H,2,4-5H2,1,3H3. The van der Waals surface area contributed by atoms with Gasteiger partial charge in [-0.25, -0.2) is 0 Å². The van der Waals surface area contributed by atoms with Crippen LogP contribution in [0.5, 0.6) is 0 Å². The molecule has 0 heterocycles. The van der Waals surface area contributed by atoms with Crippen molar-refractivity contribution >= 4 is 0 Å². The molecule has 0 bridgehead atoms. The highest BCUT2D eigenvalue weighted by Crippen LogP contribution is 1.94. The number of hydroxylamine groups is 1. The van der Waals surface area contributed by atoms with Crippen LogP contribution in [0.4, 0.5) is 0 Å². The summed E-state index contributed by atoms with van der Waals surface area (Å²) in [5, 5.41) is 8.64. The molecule has 10 heavy (non-hydrogen) atoms. The van der Waals surface area contributed by atoms with Crippen LogP contribution in [0, 0.1) is 0 Å². The van der Waals surface area contributed by atoms with Gasteiger partial charge < -0.3 is 5.11 Å². The summed E-state index contributed by atoms with van der Waals surface area (Å²) in [6, 6.07) is 0. The van der Waals surface area contributed by atoms with Crippen molar-refractivity contribution in [2.75, 3.05) is 6.61 Å². The van der Waals surface area contributed by atoms with Crippen molar-refractivity contribution in [1.29, 1.82) is 0 Å². The van der Waals surface area contributed by atoms with Crippen LogP contribution < -0.4 is 5.48 Å². The normalized spacial score (nSPS) is 12.7. The van der Waals surface area contributed by atoms with Crippen molar-refractivity contribution in [2.24, 2.45) is 0 Å². The van der Waals surface area contributed by atoms with Crippen LogP contribution in [0.15, 0.2) is 12.3 Å². The zero-order chi connectivity index (χ0) is 7.98. The molecule has 1 atom stereocenters. The Morgan fingerprint density at radius 2 is 2.40 bits per heavy atom. The smallest absolute Gasteiger partial charge is 0.108 e. The highest BCUT2D eigenvalue weighted by molar-refractivity contribution is 4.79. The van der Waals surface area contributed by atoms with E-state index in [4.69, 9.17) is 9.94 Å². The Labute approximate surface area is 61.7 Å². The summed E-state index contributed by atoms with van der Waals surface area (Å²) in [5.74, 6) is 0. The third-order valence-electron chi connectivity index (χ3n) is 1.06. The van der Waals surface area contributed by atoms with E-state index in [2.05, 4.69) is 12.1 Å². The van der Waals surface area contributed by atoms with Crippen LogP contribution in [0.25, 0.3) is 0 Å². The van der Waals surface area contributed by atoms with Gasteiger partial charge >= 0.3 is 0 Å². The zero-order valence-corrected chi connectivity index (χ0v) is 6.55. The van der Waals surface area contributed by atoms with Gasteiger partial charge in [-0.2, -0.15) is 0 Å². The van der Waals surface area contributed by atoms with Crippen LogP contribution in [0.3, 0.4) is 0 Å². The molecule has 1 unspecified atom stereocenters. The number of aliphatic hydroxyl groups excluding tert-OH is 1. The first-order chi connectivity index (χ1) is 4.70. The minimum absolute atomic E-state index is 0.0385. The maximum absolute atomic E-state index is 8.64. The molecule has 0 radical (unpaired) electrons. The molecule has 0 fully saturated rings. The van der Waals surface area contributed by atoms with Crippen molar-refractivity contribution in [3.05, 3.63) is 12.3 Å². The van der Waals surface area contributed by atoms with Crippen LogP contribution in [0.1, 0.15) is 20.3 Å². The van der Waals surface area contributed by atoms with E-state index in [-0.39, 0.29) is 12.7 Å². The number of aliphatic hydroxyl groups is 1. The fourth-order valence-electron chi connectivity index (χ4n) is 0.434. The Balaban J connectivity index is 3.34. The van der Waals surface area contributed by atoms with E-state index < -0.39 is 0 Å². The van der Waals surface area contributed by atoms with Crippen LogP contribution in [-0.4, -0.2) is 17.8 Å². The first-order valence-electron chi connectivity index (χ1n) is 3.38. The van der Waals surface area contributed by atoms with Crippen molar-refractivity contribution in [1.82, 2.24) is 5.48 Å². The molecule has 0 saturated carbocycles. The maximum atomic E-state index is 8.64. The van der Waals surface area contributed by atoms with E-state index in [1.807, 2.05) is 6.92 Å². The van der Waals surface area contributed by atoms with Gasteiger partial charge in [0.05, 0.1) is 6.61 Å². The minimum Gasteiger partial charge on any atom is -0.394 e. The van der Waals surface area contributed by atoms with Crippen molar-refractivity contribution in [3.63, 3.8) is 0 Å². The van der Waals surface area contributed by atoms with Crippen LogP contribution in [-0.2, 0) is 4.84 Å². The lowest BCUT2D eigenvalue weighted by Crippen LogP contribution is -2.24. The van der Waals surface area contributed by atoms with E-state index in [9.17, 15) is 0 Å². The molecule has 0 aromatic heterocycles. The second-order valence-electron chi connectivity index (χ2n) is 2.21. The van der Waals surface area contributed by atoms with Gasteiger partial charge in [0.15, 0.2) is 0 Å². The number of rotatable bonds is 5. The summed E-state index contributed by atoms with van der Waals surface area (Å²) >= 11 is 0. The highest BCUT2D eigenvalue weighted by atomic mass is 16.7. The van der Waals surface area contributed by atoms with Gasteiger partial charge in [0, 0.05) is 5.70 Å². The van der Waals surface area contributed by atoms with Gasteiger partial charge in [-0.05, 0) is 13.3 Å². The largest absolute Gasteiger partial charge is 0.394 e. The van der Waals surface area contributed by atoms with E-state index in [1.165, 1.54) is 0 Å². The predicted octanol–water partition coefficient (Wildman–Crippen LogP) is 0.812. The second-order valence-corrected chi connectivity index (χ2v) is 2.21. The van der Waals surface area contributed by atoms with Crippen LogP contribution >= 0.6 is 0 Å². The Morgan fingerprint density at radius 3 is 2.70 bits per heavy atom. The molecule has 3 heteroatoms. The lowest BCUT2D eigenvalue weighted by Gasteiger charge is -2.13. The third kappa shape index (κ3) is 4.35. The second kappa shape index (κ2) is 5.26. The van der Waals surface area contributed by atoms with Crippen molar-refractivity contribution in [2.45, 2.75) is 26.4 Å². The molecule has 0 spiro atoms. The number of nitrogens with one attached hydrogen (secondary N) is 1. The Morgan fingerprint density at radius 1 is 1.80 bits per heavy atom. The topological polar surface area (TPSA) is 41.5 Å². The molecule has 60 valence electrons. The van der Waals surface area contributed by atoms with Gasteiger partial charge in [0.2, 0.25) is 0 Å². The highest BCUT2D eigenvalue weighted by Gasteiger charge is 2.02. The first kappa shape index (κ1) is 9.46. The minimum atomic E-state index is -0.128. The Bertz CT molecular complexity index is 99.8. The monoisotopic (exact) mass is 145 g/mol. The number of allylic oxidation sites excluding steroid dienone is 1. The molecule has 3 nitrogen and oxygen atoms in total. The summed E-state index contributed by atoms with van der Waals surface area (Å²) in [5.41, 5.74) is 3.34. The lowest BCUT2D eigenvalue weighted by molar-refractivity contribution is -0.0376. The summed E-state index contributed by atoms with van der Waals surface area (Å²) < 4.78 is 0. The first-order valence-corrected chi connectivity index (χ1v) is 3.38. The Kier molecular flexibility index (Phi) is 4.98. The summed E-state index contributed by atoms with van der Waals surface area (Å²) in [6.07, 6.45) is 0.660. The molecular weight excluding hydrogens is 130 g/mol. The lowest BCUT2D eigenvalue weighted by atomic mass is 10.3. The fourth-order valence-corrected chi connectivity index (χ4v) is 0.434. The molecule has 0 amide bonds. The van der Waals surface area contributed by atoms with Gasteiger partial charge in [-0.3, -0.25) is 10.3 Å². The predicted molar refractivity (Wildman–Crippen MR) is 40.2 cm³/mol. The zero-order valence-electron chi connectivity index (χ0n) is 6.55. The molecule has 0 aliphatic rings. The van der Waals surface area contributed by atoms with E-state index in [0.717, 1.165) is 12.1 Å². The average Bonchev–Trinajstić information content (AvgIpc) is 1.90. The van der Waals surface area contributed by atoms with E-state index in [0.29, 0.717) is 0 Å². The maximum Gasteiger partial charge on any atom is 0.108 e. The Hall–Kier alpha value is -0.540. The van der Waals surface area contributed by atoms with Crippen LogP contribution in [0.2, 0.25) is 0 Å². The molecular formula is C7H15NO2. The summed E-state index contributed by atoms with van der Waals surface area (Å²) in [6.45, 7) is 7.36. The van der Waals surface area contributed by atoms with Gasteiger partial charge in [0.1, 0.15) is 6.10 Å².